The molecule has 1 aliphatic rings. The predicted molar refractivity (Wildman–Crippen MR) is 49.3 cm³/mol. The van der Waals surface area contributed by atoms with Gasteiger partial charge >= 0.3 is 0 Å². The van der Waals surface area contributed by atoms with Crippen LogP contribution in [0.3, 0.4) is 0 Å². The molecule has 0 unspecified atom stereocenters. The average Bonchev–Trinajstić information content (AvgIpc) is 1.85. The van der Waals surface area contributed by atoms with E-state index in [0.29, 0.717) is 6.04 Å². The third-order valence-corrected chi connectivity index (χ3v) is 3.07. The molecular weight excluding hydrogens is 134 g/mol. The molecule has 0 amide bonds. The van der Waals surface area contributed by atoms with E-state index in [1.54, 1.807) is 0 Å². The molecule has 2 N–H and O–H groups in total. The molecule has 0 saturated heterocycles. The van der Waals surface area contributed by atoms with Crippen molar-refractivity contribution in [3.05, 3.63) is 0 Å². The van der Waals surface area contributed by atoms with Crippen molar-refractivity contribution in [3.8, 4) is 0 Å². The molecule has 0 aliphatic heterocycles. The molecule has 0 aromatic rings. The van der Waals surface area contributed by atoms with Gasteiger partial charge in [-0.3, -0.25) is 0 Å². The maximum Gasteiger partial charge on any atom is 0.00721 e. The first-order valence-corrected chi connectivity index (χ1v) is 4.87. The molecule has 1 fully saturated rings. The highest BCUT2D eigenvalue weighted by Crippen LogP contribution is 2.31. The van der Waals surface area contributed by atoms with Crippen LogP contribution in [0.25, 0.3) is 0 Å². The molecule has 1 nitrogen and oxygen atoms in total. The van der Waals surface area contributed by atoms with Crippen molar-refractivity contribution in [1.82, 2.24) is 0 Å². The van der Waals surface area contributed by atoms with Crippen molar-refractivity contribution in [1.29, 1.82) is 0 Å². The van der Waals surface area contributed by atoms with Gasteiger partial charge in [-0.15, -0.1) is 0 Å². The summed E-state index contributed by atoms with van der Waals surface area (Å²) in [6.45, 7) is 6.90. The van der Waals surface area contributed by atoms with Crippen LogP contribution >= 0.6 is 0 Å². The first-order chi connectivity index (χ1) is 5.11. The van der Waals surface area contributed by atoms with Crippen molar-refractivity contribution < 1.29 is 0 Å². The lowest BCUT2D eigenvalue weighted by Crippen LogP contribution is -2.38. The molecule has 1 rings (SSSR count). The molecule has 0 heterocycles. The summed E-state index contributed by atoms with van der Waals surface area (Å²) in [5.41, 5.74) is 6.07. The second-order valence-electron chi connectivity index (χ2n) is 4.49. The van der Waals surface area contributed by atoms with E-state index in [1.807, 2.05) is 0 Å². The second kappa shape index (κ2) is 3.57. The molecule has 0 aromatic carbocycles. The van der Waals surface area contributed by atoms with E-state index in [2.05, 4.69) is 20.8 Å². The van der Waals surface area contributed by atoms with Crippen molar-refractivity contribution >= 4 is 0 Å². The van der Waals surface area contributed by atoms with Crippen LogP contribution in [-0.2, 0) is 0 Å². The molecule has 0 aromatic heterocycles. The fourth-order valence-corrected chi connectivity index (χ4v) is 2.28. The van der Waals surface area contributed by atoms with Gasteiger partial charge in [0.2, 0.25) is 0 Å². The molecule has 3 atom stereocenters. The van der Waals surface area contributed by atoms with Crippen molar-refractivity contribution in [2.75, 3.05) is 0 Å². The standard InChI is InChI=1S/C10H21N/c1-7(2)9-5-4-8(3)6-10(9)11/h7-10H,4-6,11H2,1-3H3/t8-,9-,10-/m0/s1. The van der Waals surface area contributed by atoms with Gasteiger partial charge in [0.05, 0.1) is 0 Å². The van der Waals surface area contributed by atoms with Crippen molar-refractivity contribution in [3.63, 3.8) is 0 Å². The molecule has 1 saturated carbocycles. The Kier molecular flexibility index (Phi) is 2.94. The summed E-state index contributed by atoms with van der Waals surface area (Å²) in [4.78, 5) is 0. The SMILES string of the molecule is CC(C)[C@@H]1CC[C@H](C)C[C@@H]1N. The molecule has 11 heavy (non-hydrogen) atoms. The van der Waals surface area contributed by atoms with E-state index in [1.165, 1.54) is 19.3 Å². The number of rotatable bonds is 1. The maximum absolute atomic E-state index is 6.07. The number of hydrogen-bond donors (Lipinski definition) is 1. The minimum absolute atomic E-state index is 0.471. The quantitative estimate of drug-likeness (QED) is 0.618. The molecule has 1 aliphatic carbocycles. The Morgan fingerprint density at radius 2 is 1.91 bits per heavy atom. The van der Waals surface area contributed by atoms with Gasteiger partial charge in [-0.05, 0) is 30.6 Å². The van der Waals surface area contributed by atoms with Crippen molar-refractivity contribution in [2.45, 2.75) is 46.1 Å². The van der Waals surface area contributed by atoms with Gasteiger partial charge in [0.25, 0.3) is 0 Å². The van der Waals surface area contributed by atoms with Gasteiger partial charge in [-0.1, -0.05) is 27.2 Å². The Hall–Kier alpha value is -0.0400. The minimum atomic E-state index is 0.471. The summed E-state index contributed by atoms with van der Waals surface area (Å²) in [5, 5.41) is 0. The van der Waals surface area contributed by atoms with Crippen LogP contribution in [0.5, 0.6) is 0 Å². The van der Waals surface area contributed by atoms with E-state index < -0.39 is 0 Å². The smallest absolute Gasteiger partial charge is 0.00721 e. The zero-order valence-electron chi connectivity index (χ0n) is 8.01. The highest BCUT2D eigenvalue weighted by molar-refractivity contribution is 4.82. The van der Waals surface area contributed by atoms with E-state index >= 15 is 0 Å². The highest BCUT2D eigenvalue weighted by Gasteiger charge is 2.27. The van der Waals surface area contributed by atoms with Crippen LogP contribution in [0.2, 0.25) is 0 Å². The zero-order valence-corrected chi connectivity index (χ0v) is 8.01. The first kappa shape index (κ1) is 9.05. The second-order valence-corrected chi connectivity index (χ2v) is 4.49. The Morgan fingerprint density at radius 1 is 1.27 bits per heavy atom. The Balaban J connectivity index is 2.44. The summed E-state index contributed by atoms with van der Waals surface area (Å²) < 4.78 is 0. The third kappa shape index (κ3) is 2.19. The third-order valence-electron chi connectivity index (χ3n) is 3.07. The van der Waals surface area contributed by atoms with Crippen molar-refractivity contribution in [2.24, 2.45) is 23.5 Å². The Labute approximate surface area is 70.4 Å². The van der Waals surface area contributed by atoms with E-state index in [0.717, 1.165) is 17.8 Å². The average molecular weight is 155 g/mol. The van der Waals surface area contributed by atoms with E-state index in [4.69, 9.17) is 5.73 Å². The van der Waals surface area contributed by atoms with Crippen LogP contribution in [0.4, 0.5) is 0 Å². The van der Waals surface area contributed by atoms with Crippen LogP contribution in [0.15, 0.2) is 0 Å². The molecule has 0 spiro atoms. The summed E-state index contributed by atoms with van der Waals surface area (Å²) >= 11 is 0. The normalized spacial score (nSPS) is 39.5. The monoisotopic (exact) mass is 155 g/mol. The maximum atomic E-state index is 6.07. The molecule has 1 heteroatoms. The zero-order chi connectivity index (χ0) is 8.43. The van der Waals surface area contributed by atoms with Crippen LogP contribution < -0.4 is 5.73 Å². The Morgan fingerprint density at radius 3 is 2.36 bits per heavy atom. The van der Waals surface area contributed by atoms with Gasteiger partial charge in [-0.2, -0.15) is 0 Å². The van der Waals surface area contributed by atoms with E-state index in [9.17, 15) is 0 Å². The lowest BCUT2D eigenvalue weighted by atomic mass is 9.74. The fourth-order valence-electron chi connectivity index (χ4n) is 2.28. The van der Waals surface area contributed by atoms with Gasteiger partial charge in [-0.25, -0.2) is 0 Å². The molecule has 66 valence electrons. The van der Waals surface area contributed by atoms with Gasteiger partial charge in [0.15, 0.2) is 0 Å². The highest BCUT2D eigenvalue weighted by atomic mass is 14.7. The summed E-state index contributed by atoms with van der Waals surface area (Å²) in [7, 11) is 0. The van der Waals surface area contributed by atoms with Gasteiger partial charge in [0.1, 0.15) is 0 Å². The summed E-state index contributed by atoms with van der Waals surface area (Å²) in [6, 6.07) is 0.471. The molecule has 0 radical (unpaired) electrons. The lowest BCUT2D eigenvalue weighted by Gasteiger charge is -2.34. The largest absolute Gasteiger partial charge is 0.327 e. The molecular formula is C10H21N. The summed E-state index contributed by atoms with van der Waals surface area (Å²) in [6.07, 6.45) is 3.97. The fraction of sp³-hybridized carbons (Fsp3) is 1.00. The van der Waals surface area contributed by atoms with E-state index in [-0.39, 0.29) is 0 Å². The Bertz CT molecular complexity index is 120. The molecule has 0 bridgehead atoms. The van der Waals surface area contributed by atoms with Crippen LogP contribution in [0.1, 0.15) is 40.0 Å². The number of hydrogen-bond acceptors (Lipinski definition) is 1. The van der Waals surface area contributed by atoms with Gasteiger partial charge in [0, 0.05) is 6.04 Å². The number of nitrogens with two attached hydrogens (primary N) is 1. The van der Waals surface area contributed by atoms with Gasteiger partial charge < -0.3 is 5.73 Å². The first-order valence-electron chi connectivity index (χ1n) is 4.87. The van der Waals surface area contributed by atoms with Crippen LogP contribution in [-0.4, -0.2) is 6.04 Å². The minimum Gasteiger partial charge on any atom is -0.327 e. The topological polar surface area (TPSA) is 26.0 Å². The summed E-state index contributed by atoms with van der Waals surface area (Å²) in [5.74, 6) is 2.42. The lowest BCUT2D eigenvalue weighted by molar-refractivity contribution is 0.199. The van der Waals surface area contributed by atoms with Crippen LogP contribution in [0, 0.1) is 17.8 Å². The predicted octanol–water partition coefficient (Wildman–Crippen LogP) is 2.41.